The second-order valence-electron chi connectivity index (χ2n) is 4.75. The van der Waals surface area contributed by atoms with Crippen LogP contribution in [-0.2, 0) is 5.41 Å². The Hall–Kier alpha value is 0.140. The number of rotatable bonds is 1. The van der Waals surface area contributed by atoms with E-state index in [1.54, 1.807) is 0 Å². The van der Waals surface area contributed by atoms with Gasteiger partial charge in [-0.15, -0.1) is 0 Å². The van der Waals surface area contributed by atoms with Gasteiger partial charge in [0.1, 0.15) is 5.75 Å². The summed E-state index contributed by atoms with van der Waals surface area (Å²) in [6, 6.07) is 2.03. The molecule has 0 amide bonds. The molecule has 1 aromatic rings. The maximum absolute atomic E-state index is 5.90. The number of benzene rings is 1. The van der Waals surface area contributed by atoms with Gasteiger partial charge in [-0.05, 0) is 52.0 Å². The normalized spacial score (nSPS) is 17.8. The quantitative estimate of drug-likeness (QED) is 0.714. The first-order valence-electron chi connectivity index (χ1n) is 5.22. The van der Waals surface area contributed by atoms with Crippen molar-refractivity contribution in [3.63, 3.8) is 0 Å². The Balaban J connectivity index is 2.72. The molecule has 0 unspecified atom stereocenters. The molecule has 0 atom stereocenters. The van der Waals surface area contributed by atoms with E-state index in [1.807, 2.05) is 6.07 Å². The van der Waals surface area contributed by atoms with Crippen molar-refractivity contribution in [1.82, 2.24) is 0 Å². The molecule has 0 aromatic heterocycles. The van der Waals surface area contributed by atoms with Gasteiger partial charge in [-0.25, -0.2) is 0 Å². The van der Waals surface area contributed by atoms with Gasteiger partial charge in [0.2, 0.25) is 0 Å². The minimum absolute atomic E-state index is 0.156. The fraction of sp³-hybridized carbons (Fsp3) is 0.500. The molecule has 1 nitrogen and oxygen atoms in total. The molecule has 0 spiro atoms. The lowest BCUT2D eigenvalue weighted by atomic mass is 9.77. The first-order valence-corrected chi connectivity index (χ1v) is 7.66. The molecule has 0 aliphatic carbocycles. The monoisotopic (exact) mass is 320 g/mol. The van der Waals surface area contributed by atoms with Crippen LogP contribution >= 0.6 is 37.6 Å². The van der Waals surface area contributed by atoms with E-state index in [0.29, 0.717) is 0 Å². The van der Waals surface area contributed by atoms with Gasteiger partial charge in [0.05, 0.1) is 11.5 Å². The Bertz CT molecular complexity index is 432. The molecule has 4 heteroatoms. The molecule has 0 saturated heterocycles. The molecule has 88 valence electrons. The summed E-state index contributed by atoms with van der Waals surface area (Å²) < 4.78 is 6.90. The van der Waals surface area contributed by atoms with Gasteiger partial charge in [0.15, 0.2) is 0 Å². The molecule has 0 fully saturated rings. The SMILES string of the molecule is Cc1c(Br)cc(SCl)c2c1C(C)(C)CCO2. The van der Waals surface area contributed by atoms with Crippen LogP contribution < -0.4 is 4.74 Å². The zero-order valence-electron chi connectivity index (χ0n) is 9.56. The third-order valence-corrected chi connectivity index (χ3v) is 4.97. The third kappa shape index (κ3) is 1.98. The highest BCUT2D eigenvalue weighted by Crippen LogP contribution is 2.48. The van der Waals surface area contributed by atoms with Crippen LogP contribution in [0.4, 0.5) is 0 Å². The van der Waals surface area contributed by atoms with Crippen LogP contribution in [0.15, 0.2) is 15.4 Å². The van der Waals surface area contributed by atoms with E-state index in [9.17, 15) is 0 Å². The van der Waals surface area contributed by atoms with Crippen molar-refractivity contribution >= 4 is 37.6 Å². The van der Waals surface area contributed by atoms with Crippen molar-refractivity contribution in [2.24, 2.45) is 0 Å². The molecule has 0 radical (unpaired) electrons. The lowest BCUT2D eigenvalue weighted by molar-refractivity contribution is 0.227. The highest BCUT2D eigenvalue weighted by Gasteiger charge is 2.33. The van der Waals surface area contributed by atoms with Gasteiger partial charge in [-0.3, -0.25) is 0 Å². The summed E-state index contributed by atoms with van der Waals surface area (Å²) in [4.78, 5) is 1.00. The maximum atomic E-state index is 5.90. The van der Waals surface area contributed by atoms with Gasteiger partial charge in [0.25, 0.3) is 0 Å². The van der Waals surface area contributed by atoms with Crippen molar-refractivity contribution in [1.29, 1.82) is 0 Å². The van der Waals surface area contributed by atoms with E-state index in [4.69, 9.17) is 15.4 Å². The third-order valence-electron chi connectivity index (χ3n) is 3.18. The number of halogens is 2. The molecule has 0 saturated carbocycles. The molecule has 2 rings (SSSR count). The van der Waals surface area contributed by atoms with Crippen LogP contribution in [0.3, 0.4) is 0 Å². The van der Waals surface area contributed by atoms with Crippen LogP contribution in [0.2, 0.25) is 0 Å². The molecular weight excluding hydrogens is 308 g/mol. The average Bonchev–Trinajstić information content (AvgIpc) is 2.22. The Labute approximate surface area is 114 Å². The van der Waals surface area contributed by atoms with E-state index in [1.165, 1.54) is 22.1 Å². The minimum Gasteiger partial charge on any atom is -0.492 e. The van der Waals surface area contributed by atoms with E-state index in [-0.39, 0.29) is 5.41 Å². The fourth-order valence-electron chi connectivity index (χ4n) is 2.25. The Morgan fingerprint density at radius 1 is 1.50 bits per heavy atom. The topological polar surface area (TPSA) is 9.23 Å². The number of ether oxygens (including phenoxy) is 1. The van der Waals surface area contributed by atoms with E-state index >= 15 is 0 Å². The van der Waals surface area contributed by atoms with E-state index in [2.05, 4.69) is 36.7 Å². The Kier molecular flexibility index (Phi) is 3.49. The van der Waals surface area contributed by atoms with Crippen LogP contribution in [0, 0.1) is 6.92 Å². The van der Waals surface area contributed by atoms with Crippen LogP contribution in [0.5, 0.6) is 5.75 Å². The summed E-state index contributed by atoms with van der Waals surface area (Å²) >= 11 is 3.59. The zero-order chi connectivity index (χ0) is 11.9. The van der Waals surface area contributed by atoms with Gasteiger partial charge in [-0.2, -0.15) is 0 Å². The lowest BCUT2D eigenvalue weighted by Crippen LogP contribution is -2.28. The van der Waals surface area contributed by atoms with Crippen molar-refractivity contribution in [2.75, 3.05) is 6.61 Å². The van der Waals surface area contributed by atoms with Crippen molar-refractivity contribution < 1.29 is 4.74 Å². The maximum Gasteiger partial charge on any atom is 0.138 e. The molecule has 1 heterocycles. The van der Waals surface area contributed by atoms with Gasteiger partial charge < -0.3 is 4.74 Å². The summed E-state index contributed by atoms with van der Waals surface area (Å²) in [5.74, 6) is 0.969. The van der Waals surface area contributed by atoms with Gasteiger partial charge in [0, 0.05) is 10.0 Å². The second-order valence-corrected chi connectivity index (χ2v) is 6.66. The standard InChI is InChI=1S/C12H14BrClOS/c1-7-8(13)6-9(16-14)11-10(7)12(2,3)4-5-15-11/h6H,4-5H2,1-3H3. The summed E-state index contributed by atoms with van der Waals surface area (Å²) in [7, 11) is 7.12. The van der Waals surface area contributed by atoms with Crippen molar-refractivity contribution in [2.45, 2.75) is 37.5 Å². The smallest absolute Gasteiger partial charge is 0.138 e. The molecule has 1 aliphatic heterocycles. The number of hydrogen-bond donors (Lipinski definition) is 0. The average molecular weight is 322 g/mol. The summed E-state index contributed by atoms with van der Waals surface area (Å²) in [6.45, 7) is 7.42. The predicted molar refractivity (Wildman–Crippen MR) is 73.7 cm³/mol. The summed E-state index contributed by atoms with van der Waals surface area (Å²) in [5.41, 5.74) is 2.70. The Morgan fingerprint density at radius 3 is 2.81 bits per heavy atom. The van der Waals surface area contributed by atoms with Crippen LogP contribution in [0.25, 0.3) is 0 Å². The highest BCUT2D eigenvalue weighted by molar-refractivity contribution is 9.10. The summed E-state index contributed by atoms with van der Waals surface area (Å²) in [5, 5.41) is 0. The number of hydrogen-bond acceptors (Lipinski definition) is 2. The van der Waals surface area contributed by atoms with Crippen LogP contribution in [0.1, 0.15) is 31.4 Å². The zero-order valence-corrected chi connectivity index (χ0v) is 12.7. The molecular formula is C12H14BrClOS. The predicted octanol–water partition coefficient (Wildman–Crippen LogP) is 5.06. The van der Waals surface area contributed by atoms with Gasteiger partial charge >= 0.3 is 0 Å². The second kappa shape index (κ2) is 4.43. The molecule has 0 bridgehead atoms. The summed E-state index contributed by atoms with van der Waals surface area (Å²) in [6.07, 6.45) is 1.05. The van der Waals surface area contributed by atoms with Crippen molar-refractivity contribution in [3.8, 4) is 5.75 Å². The van der Waals surface area contributed by atoms with Crippen molar-refractivity contribution in [3.05, 3.63) is 21.7 Å². The molecule has 1 aliphatic rings. The highest BCUT2D eigenvalue weighted by atomic mass is 79.9. The first kappa shape index (κ1) is 12.6. The largest absolute Gasteiger partial charge is 0.492 e. The first-order chi connectivity index (χ1) is 7.47. The van der Waals surface area contributed by atoms with Crippen LogP contribution in [-0.4, -0.2) is 6.61 Å². The molecule has 16 heavy (non-hydrogen) atoms. The molecule has 1 aromatic carbocycles. The van der Waals surface area contributed by atoms with E-state index in [0.717, 1.165) is 28.1 Å². The minimum atomic E-state index is 0.156. The number of fused-ring (bicyclic) bond motifs is 1. The Morgan fingerprint density at radius 2 is 2.19 bits per heavy atom. The lowest BCUT2D eigenvalue weighted by Gasteiger charge is -2.35. The fourth-order valence-corrected chi connectivity index (χ4v) is 3.57. The van der Waals surface area contributed by atoms with Gasteiger partial charge in [-0.1, -0.05) is 29.8 Å². The molecule has 0 N–H and O–H groups in total. The van der Waals surface area contributed by atoms with E-state index < -0.39 is 0 Å².